The minimum Gasteiger partial charge on any atom is -0.403 e. The molecule has 0 aliphatic heterocycles. The van der Waals surface area contributed by atoms with Crippen molar-refractivity contribution in [1.82, 2.24) is 4.98 Å². The summed E-state index contributed by atoms with van der Waals surface area (Å²) in [6.07, 6.45) is 0. The van der Waals surface area contributed by atoms with Gasteiger partial charge in [-0.15, -0.1) is 0 Å². The van der Waals surface area contributed by atoms with Crippen LogP contribution in [0.4, 0.5) is 10.1 Å². The molecule has 3 rings (SSSR count). The number of non-ortho nitro benzene ring substituents is 1. The number of benzene rings is 2. The summed E-state index contributed by atoms with van der Waals surface area (Å²) in [6, 6.07) is 9.03. The Morgan fingerprint density at radius 1 is 1.14 bits per heavy atom. The highest BCUT2D eigenvalue weighted by molar-refractivity contribution is 5.81. The number of halogens is 1. The maximum absolute atomic E-state index is 12.9. The largest absolute Gasteiger partial charge is 0.403 e. The molecule has 3 aromatic rings. The van der Waals surface area contributed by atoms with Gasteiger partial charge >= 0.3 is 5.63 Å². The van der Waals surface area contributed by atoms with E-state index < -0.39 is 16.4 Å². The number of hydrogen-bond donors (Lipinski definition) is 0. The predicted octanol–water partition coefficient (Wildman–Crippen LogP) is 2.90. The summed E-state index contributed by atoms with van der Waals surface area (Å²) in [5, 5.41) is 10.7. The van der Waals surface area contributed by atoms with E-state index in [1.54, 1.807) is 0 Å². The Morgan fingerprint density at radius 2 is 1.86 bits per heavy atom. The highest BCUT2D eigenvalue weighted by Crippen LogP contribution is 2.21. The van der Waals surface area contributed by atoms with Crippen molar-refractivity contribution in [3.63, 3.8) is 0 Å². The van der Waals surface area contributed by atoms with Gasteiger partial charge in [0.1, 0.15) is 5.82 Å². The maximum atomic E-state index is 12.9. The standard InChI is InChI=1S/C14H7FN2O4/c15-9-3-1-8(2-4-9)13-16-12-6-5-10(17(19)20)7-11(12)14(18)21-13/h1-7H. The molecule has 0 saturated heterocycles. The van der Waals surface area contributed by atoms with Gasteiger partial charge in [-0.1, -0.05) is 0 Å². The molecule has 0 fully saturated rings. The van der Waals surface area contributed by atoms with Gasteiger partial charge in [0.2, 0.25) is 5.89 Å². The summed E-state index contributed by atoms with van der Waals surface area (Å²) in [7, 11) is 0. The van der Waals surface area contributed by atoms with Crippen molar-refractivity contribution in [2.75, 3.05) is 0 Å². The zero-order valence-corrected chi connectivity index (χ0v) is 10.4. The van der Waals surface area contributed by atoms with Crippen LogP contribution in [0.1, 0.15) is 0 Å². The normalized spacial score (nSPS) is 10.7. The third kappa shape index (κ3) is 2.36. The third-order valence-electron chi connectivity index (χ3n) is 2.91. The van der Waals surface area contributed by atoms with Gasteiger partial charge in [-0.3, -0.25) is 10.1 Å². The molecule has 0 aliphatic rings. The Morgan fingerprint density at radius 3 is 2.52 bits per heavy atom. The summed E-state index contributed by atoms with van der Waals surface area (Å²) in [5.74, 6) is -0.390. The van der Waals surface area contributed by atoms with Crippen molar-refractivity contribution in [3.05, 3.63) is 68.8 Å². The molecule has 0 atom stereocenters. The SMILES string of the molecule is O=c1oc(-c2ccc(F)cc2)nc2ccc([N+](=O)[O-])cc12. The Balaban J connectivity index is 2.20. The molecular weight excluding hydrogens is 279 g/mol. The second-order valence-corrected chi connectivity index (χ2v) is 4.27. The van der Waals surface area contributed by atoms with Crippen LogP contribution in [0, 0.1) is 15.9 Å². The lowest BCUT2D eigenvalue weighted by atomic mass is 10.2. The fraction of sp³-hybridized carbons (Fsp3) is 0. The number of fused-ring (bicyclic) bond motifs is 1. The molecule has 0 N–H and O–H groups in total. The summed E-state index contributed by atoms with van der Waals surface area (Å²) in [6.45, 7) is 0. The van der Waals surface area contributed by atoms with E-state index in [9.17, 15) is 19.3 Å². The van der Waals surface area contributed by atoms with Gasteiger partial charge in [-0.2, -0.15) is 0 Å². The van der Waals surface area contributed by atoms with Crippen LogP contribution in [0.2, 0.25) is 0 Å². The molecule has 1 aromatic heterocycles. The van der Waals surface area contributed by atoms with E-state index in [1.165, 1.54) is 36.4 Å². The first-order valence-electron chi connectivity index (χ1n) is 5.90. The molecule has 0 saturated carbocycles. The molecule has 104 valence electrons. The van der Waals surface area contributed by atoms with Crippen LogP contribution in [-0.4, -0.2) is 9.91 Å². The van der Waals surface area contributed by atoms with E-state index in [-0.39, 0.29) is 22.5 Å². The number of rotatable bonds is 2. The fourth-order valence-electron chi connectivity index (χ4n) is 1.89. The molecule has 0 spiro atoms. The van der Waals surface area contributed by atoms with E-state index >= 15 is 0 Å². The quantitative estimate of drug-likeness (QED) is 0.534. The Hall–Kier alpha value is -3.09. The first-order valence-corrected chi connectivity index (χ1v) is 5.90. The average molecular weight is 286 g/mol. The fourth-order valence-corrected chi connectivity index (χ4v) is 1.89. The molecule has 0 radical (unpaired) electrons. The van der Waals surface area contributed by atoms with Crippen molar-refractivity contribution in [3.8, 4) is 11.5 Å². The third-order valence-corrected chi connectivity index (χ3v) is 2.91. The van der Waals surface area contributed by atoms with Crippen LogP contribution < -0.4 is 5.63 Å². The Labute approximate surface area is 116 Å². The number of nitro benzene ring substituents is 1. The predicted molar refractivity (Wildman–Crippen MR) is 72.3 cm³/mol. The monoisotopic (exact) mass is 286 g/mol. The van der Waals surface area contributed by atoms with Crippen molar-refractivity contribution >= 4 is 16.6 Å². The zero-order valence-electron chi connectivity index (χ0n) is 10.4. The van der Waals surface area contributed by atoms with E-state index in [4.69, 9.17) is 4.42 Å². The van der Waals surface area contributed by atoms with E-state index in [1.807, 2.05) is 0 Å². The van der Waals surface area contributed by atoms with Crippen LogP contribution in [0.5, 0.6) is 0 Å². The molecule has 21 heavy (non-hydrogen) atoms. The van der Waals surface area contributed by atoms with Crippen molar-refractivity contribution in [2.24, 2.45) is 0 Å². The number of nitrogens with zero attached hydrogens (tertiary/aromatic N) is 2. The van der Waals surface area contributed by atoms with E-state index in [0.29, 0.717) is 5.56 Å². The second-order valence-electron chi connectivity index (χ2n) is 4.27. The van der Waals surface area contributed by atoms with Gasteiger partial charge in [-0.05, 0) is 30.3 Å². The van der Waals surface area contributed by atoms with Crippen molar-refractivity contribution < 1.29 is 13.7 Å². The minimum absolute atomic E-state index is 0.0232. The van der Waals surface area contributed by atoms with Crippen LogP contribution in [0.15, 0.2) is 51.7 Å². The maximum Gasteiger partial charge on any atom is 0.347 e. The lowest BCUT2D eigenvalue weighted by Crippen LogP contribution is -2.03. The Bertz CT molecular complexity index is 903. The van der Waals surface area contributed by atoms with Gasteiger partial charge in [0.05, 0.1) is 15.8 Å². The lowest BCUT2D eigenvalue weighted by Gasteiger charge is -2.01. The van der Waals surface area contributed by atoms with Crippen LogP contribution in [0.25, 0.3) is 22.4 Å². The zero-order chi connectivity index (χ0) is 15.0. The molecule has 7 heteroatoms. The molecule has 0 bridgehead atoms. The summed E-state index contributed by atoms with van der Waals surface area (Å²) >= 11 is 0. The molecule has 0 aliphatic carbocycles. The van der Waals surface area contributed by atoms with Crippen LogP contribution in [-0.2, 0) is 0 Å². The number of nitro groups is 1. The summed E-state index contributed by atoms with van der Waals surface area (Å²) in [4.78, 5) is 26.1. The molecule has 0 unspecified atom stereocenters. The van der Waals surface area contributed by atoms with Gasteiger partial charge in [0.15, 0.2) is 0 Å². The molecule has 2 aromatic carbocycles. The first-order chi connectivity index (χ1) is 10.0. The smallest absolute Gasteiger partial charge is 0.347 e. The van der Waals surface area contributed by atoms with Crippen LogP contribution in [0.3, 0.4) is 0 Å². The summed E-state index contributed by atoms with van der Waals surface area (Å²) in [5.41, 5.74) is -0.237. The molecule has 6 nitrogen and oxygen atoms in total. The van der Waals surface area contributed by atoms with Gasteiger partial charge in [0, 0.05) is 17.7 Å². The number of hydrogen-bond acceptors (Lipinski definition) is 5. The lowest BCUT2D eigenvalue weighted by molar-refractivity contribution is -0.384. The van der Waals surface area contributed by atoms with Gasteiger partial charge < -0.3 is 4.42 Å². The first kappa shape index (κ1) is 12.9. The molecular formula is C14H7FN2O4. The van der Waals surface area contributed by atoms with Crippen molar-refractivity contribution in [2.45, 2.75) is 0 Å². The highest BCUT2D eigenvalue weighted by Gasteiger charge is 2.13. The van der Waals surface area contributed by atoms with Crippen LogP contribution >= 0.6 is 0 Å². The summed E-state index contributed by atoms with van der Waals surface area (Å²) < 4.78 is 17.9. The van der Waals surface area contributed by atoms with Crippen molar-refractivity contribution in [1.29, 1.82) is 0 Å². The minimum atomic E-state index is -0.733. The Kier molecular flexibility index (Phi) is 2.94. The van der Waals surface area contributed by atoms with E-state index in [2.05, 4.69) is 4.98 Å². The molecule has 1 heterocycles. The topological polar surface area (TPSA) is 86.2 Å². The second kappa shape index (κ2) is 4.78. The highest BCUT2D eigenvalue weighted by atomic mass is 19.1. The van der Waals surface area contributed by atoms with E-state index in [0.717, 1.165) is 6.07 Å². The van der Waals surface area contributed by atoms with Gasteiger partial charge in [0.25, 0.3) is 5.69 Å². The number of aromatic nitrogens is 1. The van der Waals surface area contributed by atoms with Gasteiger partial charge in [-0.25, -0.2) is 14.2 Å². The average Bonchev–Trinajstić information content (AvgIpc) is 2.47. The molecule has 0 amide bonds.